The number of likely N-dealkylation sites (tertiary alicyclic amines) is 1. The summed E-state index contributed by atoms with van der Waals surface area (Å²) in [7, 11) is 0. The molecule has 1 saturated heterocycles. The summed E-state index contributed by atoms with van der Waals surface area (Å²) < 4.78 is 0. The van der Waals surface area contributed by atoms with Crippen LogP contribution in [0, 0.1) is 11.3 Å². The van der Waals surface area contributed by atoms with Crippen LogP contribution in [0.3, 0.4) is 0 Å². The highest BCUT2D eigenvalue weighted by atomic mass is 16.4. The molecule has 11 heavy (non-hydrogen) atoms. The standard InChI is InChI=1S/C7H10N2O2/c8-4-3-6-2-1-5-9(6)7(10)11/h6H,1-3,5H2,(H,10,11)/t6-/m1/s1. The van der Waals surface area contributed by atoms with Crippen molar-refractivity contribution in [3.05, 3.63) is 0 Å². The Morgan fingerprint density at radius 2 is 2.55 bits per heavy atom. The SMILES string of the molecule is N#CC[C@H]1CCCN1C(=O)O. The maximum atomic E-state index is 10.5. The molecule has 1 aliphatic rings. The molecule has 0 spiro atoms. The topological polar surface area (TPSA) is 64.3 Å². The molecular formula is C7H10N2O2. The second kappa shape index (κ2) is 3.24. The zero-order valence-electron chi connectivity index (χ0n) is 6.16. The Bertz CT molecular complexity index is 197. The van der Waals surface area contributed by atoms with Crippen molar-refractivity contribution in [2.75, 3.05) is 6.54 Å². The lowest BCUT2D eigenvalue weighted by Crippen LogP contribution is -2.33. The summed E-state index contributed by atoms with van der Waals surface area (Å²) in [5.74, 6) is 0. The molecule has 1 heterocycles. The van der Waals surface area contributed by atoms with Crippen LogP contribution in [-0.4, -0.2) is 28.7 Å². The minimum Gasteiger partial charge on any atom is -0.465 e. The smallest absolute Gasteiger partial charge is 0.407 e. The van der Waals surface area contributed by atoms with E-state index in [1.54, 1.807) is 0 Å². The summed E-state index contributed by atoms with van der Waals surface area (Å²) in [6.45, 7) is 0.585. The fraction of sp³-hybridized carbons (Fsp3) is 0.714. The molecule has 4 nitrogen and oxygen atoms in total. The number of hydrogen-bond donors (Lipinski definition) is 1. The molecule has 0 radical (unpaired) electrons. The van der Waals surface area contributed by atoms with Gasteiger partial charge in [-0.3, -0.25) is 0 Å². The molecule has 0 aromatic rings. The number of nitriles is 1. The van der Waals surface area contributed by atoms with Crippen molar-refractivity contribution < 1.29 is 9.90 Å². The highest BCUT2D eigenvalue weighted by Gasteiger charge is 2.27. The molecule has 1 fully saturated rings. The van der Waals surface area contributed by atoms with Gasteiger partial charge in [-0.2, -0.15) is 5.26 Å². The molecular weight excluding hydrogens is 144 g/mol. The third-order valence-electron chi connectivity index (χ3n) is 1.95. The van der Waals surface area contributed by atoms with E-state index in [1.165, 1.54) is 4.90 Å². The minimum absolute atomic E-state index is 0.0579. The molecule has 0 bridgehead atoms. The average Bonchev–Trinajstić information content (AvgIpc) is 2.36. The summed E-state index contributed by atoms with van der Waals surface area (Å²) in [6.07, 6.45) is 1.15. The third kappa shape index (κ3) is 1.61. The number of carboxylic acid groups (broad SMARTS) is 1. The van der Waals surface area contributed by atoms with Gasteiger partial charge in [0.05, 0.1) is 12.5 Å². The van der Waals surface area contributed by atoms with Crippen LogP contribution in [-0.2, 0) is 0 Å². The van der Waals surface area contributed by atoms with Gasteiger partial charge in [0, 0.05) is 12.6 Å². The van der Waals surface area contributed by atoms with Crippen LogP contribution >= 0.6 is 0 Å². The Balaban J connectivity index is 2.52. The molecule has 0 aromatic heterocycles. The van der Waals surface area contributed by atoms with Crippen LogP contribution < -0.4 is 0 Å². The van der Waals surface area contributed by atoms with Crippen molar-refractivity contribution >= 4 is 6.09 Å². The molecule has 4 heteroatoms. The van der Waals surface area contributed by atoms with Gasteiger partial charge in [-0.25, -0.2) is 4.79 Å². The van der Waals surface area contributed by atoms with Gasteiger partial charge in [0.15, 0.2) is 0 Å². The summed E-state index contributed by atoms with van der Waals surface area (Å²) in [4.78, 5) is 11.9. The van der Waals surface area contributed by atoms with E-state index in [0.29, 0.717) is 13.0 Å². The van der Waals surface area contributed by atoms with Gasteiger partial charge in [-0.05, 0) is 12.8 Å². The van der Waals surface area contributed by atoms with Crippen LogP contribution in [0.4, 0.5) is 4.79 Å². The molecule has 1 atom stereocenters. The maximum Gasteiger partial charge on any atom is 0.407 e. The Kier molecular flexibility index (Phi) is 2.32. The van der Waals surface area contributed by atoms with E-state index in [9.17, 15) is 4.79 Å². The Labute approximate surface area is 65.0 Å². The number of hydrogen-bond acceptors (Lipinski definition) is 2. The lowest BCUT2D eigenvalue weighted by molar-refractivity contribution is 0.141. The van der Waals surface area contributed by atoms with E-state index >= 15 is 0 Å². The molecule has 1 amide bonds. The highest BCUT2D eigenvalue weighted by Crippen LogP contribution is 2.19. The average molecular weight is 154 g/mol. The van der Waals surface area contributed by atoms with Crippen molar-refractivity contribution in [1.82, 2.24) is 4.90 Å². The minimum atomic E-state index is -0.900. The molecule has 0 aromatic carbocycles. The first kappa shape index (κ1) is 7.86. The fourth-order valence-electron chi connectivity index (χ4n) is 1.41. The fourth-order valence-corrected chi connectivity index (χ4v) is 1.41. The molecule has 1 N–H and O–H groups in total. The van der Waals surface area contributed by atoms with E-state index in [2.05, 4.69) is 0 Å². The summed E-state index contributed by atoms with van der Waals surface area (Å²) in [5, 5.41) is 17.0. The lowest BCUT2D eigenvalue weighted by atomic mass is 10.2. The number of nitrogens with zero attached hydrogens (tertiary/aromatic N) is 2. The van der Waals surface area contributed by atoms with Crippen molar-refractivity contribution in [1.29, 1.82) is 5.26 Å². The van der Waals surface area contributed by atoms with Gasteiger partial charge in [-0.15, -0.1) is 0 Å². The maximum absolute atomic E-state index is 10.5. The predicted molar refractivity (Wildman–Crippen MR) is 38.0 cm³/mol. The van der Waals surface area contributed by atoms with Gasteiger partial charge in [0.1, 0.15) is 0 Å². The molecule has 0 saturated carbocycles. The number of carbonyl (C=O) groups is 1. The Morgan fingerprint density at radius 1 is 1.82 bits per heavy atom. The van der Waals surface area contributed by atoms with Gasteiger partial charge in [0.25, 0.3) is 0 Å². The molecule has 1 rings (SSSR count). The number of rotatable bonds is 1. The molecule has 0 unspecified atom stereocenters. The zero-order chi connectivity index (χ0) is 8.27. The van der Waals surface area contributed by atoms with Crippen molar-refractivity contribution in [3.63, 3.8) is 0 Å². The van der Waals surface area contributed by atoms with E-state index in [1.807, 2.05) is 6.07 Å². The lowest BCUT2D eigenvalue weighted by Gasteiger charge is -2.18. The molecule has 60 valence electrons. The van der Waals surface area contributed by atoms with Crippen molar-refractivity contribution in [2.45, 2.75) is 25.3 Å². The summed E-state index contributed by atoms with van der Waals surface area (Å²) in [6, 6.07) is 1.93. The van der Waals surface area contributed by atoms with Crippen LogP contribution in [0.25, 0.3) is 0 Å². The van der Waals surface area contributed by atoms with Crippen LogP contribution in [0.15, 0.2) is 0 Å². The summed E-state index contributed by atoms with van der Waals surface area (Å²) in [5.41, 5.74) is 0. The normalized spacial score (nSPS) is 23.2. The first-order valence-electron chi connectivity index (χ1n) is 3.62. The number of amides is 1. The molecule has 1 aliphatic heterocycles. The zero-order valence-corrected chi connectivity index (χ0v) is 6.16. The molecule has 0 aliphatic carbocycles. The first-order valence-corrected chi connectivity index (χ1v) is 3.62. The van der Waals surface area contributed by atoms with Gasteiger partial charge in [0.2, 0.25) is 0 Å². The largest absolute Gasteiger partial charge is 0.465 e. The second-order valence-corrected chi connectivity index (χ2v) is 2.63. The third-order valence-corrected chi connectivity index (χ3v) is 1.95. The van der Waals surface area contributed by atoms with Gasteiger partial charge < -0.3 is 10.0 Å². The van der Waals surface area contributed by atoms with Crippen LogP contribution in [0.1, 0.15) is 19.3 Å². The van der Waals surface area contributed by atoms with E-state index in [4.69, 9.17) is 10.4 Å². The van der Waals surface area contributed by atoms with E-state index < -0.39 is 6.09 Å². The highest BCUT2D eigenvalue weighted by molar-refractivity contribution is 5.65. The van der Waals surface area contributed by atoms with Crippen LogP contribution in [0.5, 0.6) is 0 Å². The van der Waals surface area contributed by atoms with E-state index in [0.717, 1.165) is 12.8 Å². The van der Waals surface area contributed by atoms with Crippen molar-refractivity contribution in [2.24, 2.45) is 0 Å². The quantitative estimate of drug-likeness (QED) is 0.613. The second-order valence-electron chi connectivity index (χ2n) is 2.63. The van der Waals surface area contributed by atoms with Crippen molar-refractivity contribution in [3.8, 4) is 6.07 Å². The van der Waals surface area contributed by atoms with Gasteiger partial charge in [-0.1, -0.05) is 0 Å². The van der Waals surface area contributed by atoms with Gasteiger partial charge >= 0.3 is 6.09 Å². The summed E-state index contributed by atoms with van der Waals surface area (Å²) >= 11 is 0. The van der Waals surface area contributed by atoms with Crippen LogP contribution in [0.2, 0.25) is 0 Å². The monoisotopic (exact) mass is 154 g/mol. The Morgan fingerprint density at radius 3 is 3.09 bits per heavy atom. The first-order chi connectivity index (χ1) is 5.25. The predicted octanol–water partition coefficient (Wildman–Crippen LogP) is 1.04. The Hall–Kier alpha value is -1.24. The van der Waals surface area contributed by atoms with E-state index in [-0.39, 0.29) is 6.04 Å².